The van der Waals surface area contributed by atoms with Crippen molar-refractivity contribution < 1.29 is 0 Å². The molecule has 0 aliphatic heterocycles. The van der Waals surface area contributed by atoms with Crippen LogP contribution in [0.3, 0.4) is 0 Å². The van der Waals surface area contributed by atoms with Gasteiger partial charge >= 0.3 is 0 Å². The molecule has 0 bridgehead atoms. The minimum Gasteiger partial charge on any atom is -0.382 e. The molecule has 0 aromatic carbocycles. The van der Waals surface area contributed by atoms with Gasteiger partial charge in [0.15, 0.2) is 0 Å². The zero-order valence-electron chi connectivity index (χ0n) is 8.77. The average molecular weight is 222 g/mol. The molecule has 15 heavy (non-hydrogen) atoms. The van der Waals surface area contributed by atoms with E-state index < -0.39 is 0 Å². The second kappa shape index (κ2) is 3.94. The Bertz CT molecular complexity index is 420. The van der Waals surface area contributed by atoms with Crippen LogP contribution in [0.5, 0.6) is 0 Å². The van der Waals surface area contributed by atoms with Crippen LogP contribution in [0.25, 0.3) is 0 Å². The Hall–Kier alpha value is -1.49. The molecule has 0 spiro atoms. The van der Waals surface area contributed by atoms with Gasteiger partial charge in [-0.3, -0.25) is 5.10 Å². The van der Waals surface area contributed by atoms with Gasteiger partial charge < -0.3 is 10.6 Å². The highest BCUT2D eigenvalue weighted by molar-refractivity contribution is 7.10. The molecule has 80 valence electrons. The topological polar surface area (TPSA) is 57.9 Å². The number of aromatic amines is 1. The summed E-state index contributed by atoms with van der Waals surface area (Å²) >= 11 is 1.75. The Morgan fingerprint density at radius 3 is 2.93 bits per heavy atom. The molecule has 2 aromatic rings. The van der Waals surface area contributed by atoms with Crippen molar-refractivity contribution >= 4 is 22.8 Å². The van der Waals surface area contributed by atoms with Crippen LogP contribution in [0.1, 0.15) is 17.8 Å². The first-order valence-electron chi connectivity index (χ1n) is 4.75. The Kier molecular flexibility index (Phi) is 2.64. The summed E-state index contributed by atoms with van der Waals surface area (Å²) in [6.07, 6.45) is 1.75. The molecule has 0 amide bonds. The van der Waals surface area contributed by atoms with E-state index in [0.29, 0.717) is 11.9 Å². The highest BCUT2D eigenvalue weighted by atomic mass is 32.1. The molecule has 0 fully saturated rings. The maximum Gasteiger partial charge on any atom is 0.142 e. The number of rotatable bonds is 3. The van der Waals surface area contributed by atoms with E-state index in [0.717, 1.165) is 5.69 Å². The van der Waals surface area contributed by atoms with Gasteiger partial charge in [-0.1, -0.05) is 6.07 Å². The predicted molar refractivity (Wildman–Crippen MR) is 64.1 cm³/mol. The monoisotopic (exact) mass is 222 g/mol. The molecule has 0 saturated heterocycles. The number of nitrogens with one attached hydrogen (secondary N) is 1. The van der Waals surface area contributed by atoms with Crippen LogP contribution in [0.15, 0.2) is 23.7 Å². The summed E-state index contributed by atoms with van der Waals surface area (Å²) in [4.78, 5) is 3.43. The fourth-order valence-corrected chi connectivity index (χ4v) is 2.33. The Labute approximate surface area is 92.7 Å². The van der Waals surface area contributed by atoms with E-state index in [1.807, 2.05) is 7.05 Å². The fraction of sp³-hybridized carbons (Fsp3) is 0.300. The number of hydrogen-bond acceptors (Lipinski definition) is 4. The smallest absolute Gasteiger partial charge is 0.142 e. The number of nitrogen functional groups attached to an aromatic ring is 1. The molecule has 2 aromatic heterocycles. The Morgan fingerprint density at radius 2 is 2.40 bits per heavy atom. The molecule has 5 heteroatoms. The standard InChI is InChI=1S/C10H14N4S/c1-7(9-4-3-5-15-9)14(2)8-6-12-13-10(8)11/h3-7H,1-2H3,(H3,11,12,13). The summed E-state index contributed by atoms with van der Waals surface area (Å²) in [7, 11) is 2.02. The van der Waals surface area contributed by atoms with Crippen molar-refractivity contribution in [2.24, 2.45) is 0 Å². The third kappa shape index (κ3) is 1.83. The van der Waals surface area contributed by atoms with Crippen LogP contribution in [-0.2, 0) is 0 Å². The molecular weight excluding hydrogens is 208 g/mol. The normalized spacial score (nSPS) is 12.7. The van der Waals surface area contributed by atoms with E-state index in [1.165, 1.54) is 4.88 Å². The highest BCUT2D eigenvalue weighted by Crippen LogP contribution is 2.30. The SMILES string of the molecule is CC(c1cccs1)N(C)c1cn[nH]c1N. The first kappa shape index (κ1) is 10.0. The summed E-state index contributed by atoms with van der Waals surface area (Å²) in [5, 5.41) is 8.74. The molecule has 4 nitrogen and oxygen atoms in total. The van der Waals surface area contributed by atoms with E-state index in [1.54, 1.807) is 17.5 Å². The Balaban J connectivity index is 2.22. The molecule has 0 aliphatic carbocycles. The van der Waals surface area contributed by atoms with Gasteiger partial charge in [-0.05, 0) is 18.4 Å². The molecule has 0 radical (unpaired) electrons. The van der Waals surface area contributed by atoms with Gasteiger partial charge in [0.1, 0.15) is 5.82 Å². The van der Waals surface area contributed by atoms with Gasteiger partial charge in [0.2, 0.25) is 0 Å². The number of nitrogens with zero attached hydrogens (tertiary/aromatic N) is 2. The van der Waals surface area contributed by atoms with Crippen molar-refractivity contribution in [2.45, 2.75) is 13.0 Å². The lowest BCUT2D eigenvalue weighted by molar-refractivity contribution is 0.755. The van der Waals surface area contributed by atoms with Crippen LogP contribution in [-0.4, -0.2) is 17.2 Å². The number of H-pyrrole nitrogens is 1. The number of thiophene rings is 1. The predicted octanol–water partition coefficient (Wildman–Crippen LogP) is 2.25. The molecule has 0 aliphatic rings. The lowest BCUT2D eigenvalue weighted by Crippen LogP contribution is -2.21. The van der Waals surface area contributed by atoms with Gasteiger partial charge in [0.25, 0.3) is 0 Å². The number of nitrogens with two attached hydrogens (primary N) is 1. The molecule has 1 atom stereocenters. The fourth-order valence-electron chi connectivity index (χ4n) is 1.50. The largest absolute Gasteiger partial charge is 0.382 e. The Morgan fingerprint density at radius 1 is 1.60 bits per heavy atom. The first-order valence-corrected chi connectivity index (χ1v) is 5.63. The van der Waals surface area contributed by atoms with E-state index in [-0.39, 0.29) is 0 Å². The molecular formula is C10H14N4S. The molecule has 2 heterocycles. The molecule has 0 saturated carbocycles. The van der Waals surface area contributed by atoms with E-state index >= 15 is 0 Å². The van der Waals surface area contributed by atoms with Crippen molar-refractivity contribution in [3.05, 3.63) is 28.6 Å². The third-order valence-corrected chi connectivity index (χ3v) is 3.61. The van der Waals surface area contributed by atoms with Crippen molar-refractivity contribution in [1.29, 1.82) is 0 Å². The van der Waals surface area contributed by atoms with E-state index in [2.05, 4.69) is 39.5 Å². The number of hydrogen-bond donors (Lipinski definition) is 2. The van der Waals surface area contributed by atoms with E-state index in [4.69, 9.17) is 5.73 Å². The van der Waals surface area contributed by atoms with Gasteiger partial charge in [0.05, 0.1) is 17.9 Å². The van der Waals surface area contributed by atoms with Crippen molar-refractivity contribution in [3.63, 3.8) is 0 Å². The van der Waals surface area contributed by atoms with Crippen molar-refractivity contribution in [3.8, 4) is 0 Å². The zero-order valence-corrected chi connectivity index (χ0v) is 9.58. The van der Waals surface area contributed by atoms with Gasteiger partial charge in [0, 0.05) is 11.9 Å². The summed E-state index contributed by atoms with van der Waals surface area (Å²) in [5.41, 5.74) is 6.72. The van der Waals surface area contributed by atoms with Gasteiger partial charge in [-0.25, -0.2) is 0 Å². The average Bonchev–Trinajstić information content (AvgIpc) is 2.85. The third-order valence-electron chi connectivity index (χ3n) is 2.56. The highest BCUT2D eigenvalue weighted by Gasteiger charge is 2.16. The zero-order chi connectivity index (χ0) is 10.8. The van der Waals surface area contributed by atoms with E-state index in [9.17, 15) is 0 Å². The molecule has 3 N–H and O–H groups in total. The van der Waals surface area contributed by atoms with Gasteiger partial charge in [-0.2, -0.15) is 5.10 Å². The van der Waals surface area contributed by atoms with Gasteiger partial charge in [-0.15, -0.1) is 11.3 Å². The molecule has 2 rings (SSSR count). The van der Waals surface area contributed by atoms with Crippen LogP contribution in [0, 0.1) is 0 Å². The quantitative estimate of drug-likeness (QED) is 0.837. The second-order valence-electron chi connectivity index (χ2n) is 3.47. The second-order valence-corrected chi connectivity index (χ2v) is 4.45. The lowest BCUT2D eigenvalue weighted by atomic mass is 10.2. The van der Waals surface area contributed by atoms with Crippen LogP contribution in [0.4, 0.5) is 11.5 Å². The lowest BCUT2D eigenvalue weighted by Gasteiger charge is -2.24. The van der Waals surface area contributed by atoms with Crippen LogP contribution in [0.2, 0.25) is 0 Å². The number of aromatic nitrogens is 2. The minimum atomic E-state index is 0.310. The minimum absolute atomic E-state index is 0.310. The number of anilines is 2. The molecule has 1 unspecified atom stereocenters. The summed E-state index contributed by atoms with van der Waals surface area (Å²) in [6, 6.07) is 4.50. The maximum atomic E-state index is 5.78. The van der Waals surface area contributed by atoms with Crippen LogP contribution >= 0.6 is 11.3 Å². The van der Waals surface area contributed by atoms with Crippen molar-refractivity contribution in [2.75, 3.05) is 17.7 Å². The van der Waals surface area contributed by atoms with Crippen molar-refractivity contribution in [1.82, 2.24) is 10.2 Å². The maximum absolute atomic E-state index is 5.78. The summed E-state index contributed by atoms with van der Waals surface area (Å²) in [6.45, 7) is 2.15. The first-order chi connectivity index (χ1) is 7.20. The summed E-state index contributed by atoms with van der Waals surface area (Å²) in [5.74, 6) is 0.612. The van der Waals surface area contributed by atoms with Crippen LogP contribution < -0.4 is 10.6 Å². The summed E-state index contributed by atoms with van der Waals surface area (Å²) < 4.78 is 0.